The van der Waals surface area contributed by atoms with Crippen LogP contribution in [0.4, 0.5) is 5.95 Å². The minimum Gasteiger partial charge on any atom is -0.466 e. The molecule has 0 aromatic carbocycles. The summed E-state index contributed by atoms with van der Waals surface area (Å²) in [5.74, 6) is 1.40. The molecule has 2 aliphatic heterocycles. The van der Waals surface area contributed by atoms with E-state index in [0.29, 0.717) is 19.8 Å². The number of hydrogen-bond acceptors (Lipinski definition) is 6. The molecular formula is C13H20N4O3. The lowest BCUT2D eigenvalue weighted by molar-refractivity contribution is -0.149. The van der Waals surface area contributed by atoms with Crippen LogP contribution in [0.2, 0.25) is 0 Å². The summed E-state index contributed by atoms with van der Waals surface area (Å²) >= 11 is 0. The molecule has 110 valence electrons. The molecule has 3 heterocycles. The average molecular weight is 280 g/mol. The number of fused-ring (bicyclic) bond motifs is 1. The van der Waals surface area contributed by atoms with E-state index < -0.39 is 0 Å². The van der Waals surface area contributed by atoms with Gasteiger partial charge in [-0.05, 0) is 20.3 Å². The maximum atomic E-state index is 11.9. The second-order valence-electron chi connectivity index (χ2n) is 5.28. The Bertz CT molecular complexity index is 496. The van der Waals surface area contributed by atoms with Crippen LogP contribution < -0.4 is 5.32 Å². The number of anilines is 1. The van der Waals surface area contributed by atoms with E-state index in [1.807, 2.05) is 13.8 Å². The molecule has 1 saturated heterocycles. The molecule has 0 aliphatic carbocycles. The van der Waals surface area contributed by atoms with Crippen LogP contribution in [-0.4, -0.2) is 47.1 Å². The third-order valence-electron chi connectivity index (χ3n) is 3.98. The number of nitrogens with one attached hydrogen (secondary N) is 1. The normalized spacial score (nSPS) is 28.8. The number of nitrogens with zero attached hydrogens (tertiary/aromatic N) is 3. The number of carbonyl (C=O) groups is 1. The molecule has 3 unspecified atom stereocenters. The molecule has 3 atom stereocenters. The third-order valence-corrected chi connectivity index (χ3v) is 3.98. The van der Waals surface area contributed by atoms with Crippen molar-refractivity contribution >= 4 is 11.9 Å². The van der Waals surface area contributed by atoms with Gasteiger partial charge in [-0.2, -0.15) is 10.1 Å². The molecule has 7 heteroatoms. The maximum absolute atomic E-state index is 11.9. The summed E-state index contributed by atoms with van der Waals surface area (Å²) in [7, 11) is 0. The van der Waals surface area contributed by atoms with Crippen molar-refractivity contribution in [3.63, 3.8) is 0 Å². The van der Waals surface area contributed by atoms with Gasteiger partial charge in [0.15, 0.2) is 5.82 Å². The first kappa shape index (κ1) is 13.4. The number of carbonyl (C=O) groups excluding carboxylic acids is 1. The van der Waals surface area contributed by atoms with Crippen LogP contribution in [-0.2, 0) is 14.3 Å². The summed E-state index contributed by atoms with van der Waals surface area (Å²) in [6.07, 6.45) is 0.957. The summed E-state index contributed by atoms with van der Waals surface area (Å²) in [4.78, 5) is 16.5. The first-order chi connectivity index (χ1) is 9.70. The van der Waals surface area contributed by atoms with Crippen LogP contribution in [0.1, 0.15) is 38.1 Å². The monoisotopic (exact) mass is 280 g/mol. The molecule has 0 amide bonds. The van der Waals surface area contributed by atoms with Gasteiger partial charge in [-0.3, -0.25) is 4.79 Å². The van der Waals surface area contributed by atoms with Gasteiger partial charge in [-0.15, -0.1) is 0 Å². The maximum Gasteiger partial charge on any atom is 0.312 e. The van der Waals surface area contributed by atoms with Gasteiger partial charge in [0.1, 0.15) is 0 Å². The smallest absolute Gasteiger partial charge is 0.312 e. The largest absolute Gasteiger partial charge is 0.466 e. The zero-order chi connectivity index (χ0) is 14.1. The Hall–Kier alpha value is -1.63. The quantitative estimate of drug-likeness (QED) is 0.830. The molecule has 0 saturated carbocycles. The Morgan fingerprint density at radius 1 is 1.60 bits per heavy atom. The van der Waals surface area contributed by atoms with Gasteiger partial charge in [0, 0.05) is 19.1 Å². The Labute approximate surface area is 117 Å². The van der Waals surface area contributed by atoms with E-state index in [4.69, 9.17) is 9.47 Å². The van der Waals surface area contributed by atoms with Crippen molar-refractivity contribution in [2.75, 3.05) is 31.7 Å². The Morgan fingerprint density at radius 3 is 3.15 bits per heavy atom. The predicted octanol–water partition coefficient (Wildman–Crippen LogP) is 0.948. The first-order valence-electron chi connectivity index (χ1n) is 7.15. The van der Waals surface area contributed by atoms with Gasteiger partial charge < -0.3 is 14.8 Å². The molecule has 1 fully saturated rings. The zero-order valence-corrected chi connectivity index (χ0v) is 11.8. The highest BCUT2D eigenvalue weighted by Gasteiger charge is 2.35. The van der Waals surface area contributed by atoms with Crippen molar-refractivity contribution < 1.29 is 14.3 Å². The standard InChI is InChI=1S/C13H20N4O3/c1-3-20-12(18)10-6-14-13-15-11(9-4-5-19-7-9)16-17(13)8(10)2/h8-10H,3-7H2,1-2H3,(H,14,15,16). The summed E-state index contributed by atoms with van der Waals surface area (Å²) in [6.45, 7) is 6.19. The molecular weight excluding hydrogens is 260 g/mol. The summed E-state index contributed by atoms with van der Waals surface area (Å²) < 4.78 is 12.3. The van der Waals surface area contributed by atoms with Crippen molar-refractivity contribution in [3.05, 3.63) is 5.82 Å². The number of aromatic nitrogens is 3. The molecule has 3 rings (SSSR count). The molecule has 2 aliphatic rings. The predicted molar refractivity (Wildman–Crippen MR) is 71.5 cm³/mol. The molecule has 7 nitrogen and oxygen atoms in total. The van der Waals surface area contributed by atoms with Crippen LogP contribution in [0.25, 0.3) is 0 Å². The van der Waals surface area contributed by atoms with Gasteiger partial charge in [0.25, 0.3) is 0 Å². The molecule has 1 aromatic rings. The molecule has 0 radical (unpaired) electrons. The van der Waals surface area contributed by atoms with Crippen LogP contribution in [0.15, 0.2) is 0 Å². The van der Waals surface area contributed by atoms with Gasteiger partial charge in [-0.1, -0.05) is 0 Å². The topological polar surface area (TPSA) is 78.3 Å². The fraction of sp³-hybridized carbons (Fsp3) is 0.769. The van der Waals surface area contributed by atoms with E-state index in [2.05, 4.69) is 15.4 Å². The molecule has 1 aromatic heterocycles. The fourth-order valence-corrected chi connectivity index (χ4v) is 2.73. The van der Waals surface area contributed by atoms with E-state index in [1.54, 1.807) is 4.68 Å². The summed E-state index contributed by atoms with van der Waals surface area (Å²) in [5.41, 5.74) is 0. The van der Waals surface area contributed by atoms with Crippen LogP contribution in [0, 0.1) is 5.92 Å². The van der Waals surface area contributed by atoms with E-state index in [9.17, 15) is 4.79 Å². The van der Waals surface area contributed by atoms with E-state index in [-0.39, 0.29) is 23.8 Å². The van der Waals surface area contributed by atoms with Crippen LogP contribution in [0.3, 0.4) is 0 Å². The highest BCUT2D eigenvalue weighted by molar-refractivity contribution is 5.74. The molecule has 20 heavy (non-hydrogen) atoms. The van der Waals surface area contributed by atoms with Gasteiger partial charge in [-0.25, -0.2) is 4.68 Å². The Morgan fingerprint density at radius 2 is 2.45 bits per heavy atom. The van der Waals surface area contributed by atoms with E-state index in [0.717, 1.165) is 24.8 Å². The zero-order valence-electron chi connectivity index (χ0n) is 11.8. The highest BCUT2D eigenvalue weighted by Crippen LogP contribution is 2.30. The lowest BCUT2D eigenvalue weighted by Gasteiger charge is -2.28. The van der Waals surface area contributed by atoms with Gasteiger partial charge in [0.05, 0.1) is 25.2 Å². The van der Waals surface area contributed by atoms with Crippen molar-refractivity contribution in [3.8, 4) is 0 Å². The average Bonchev–Trinajstić information content (AvgIpc) is 3.08. The molecule has 0 bridgehead atoms. The SMILES string of the molecule is CCOC(=O)C1CNc2nc(C3CCOC3)nn2C1C. The second-order valence-corrected chi connectivity index (χ2v) is 5.28. The summed E-state index contributed by atoms with van der Waals surface area (Å²) in [6, 6.07) is -0.0473. The first-order valence-corrected chi connectivity index (χ1v) is 7.15. The van der Waals surface area contributed by atoms with Gasteiger partial charge >= 0.3 is 5.97 Å². The van der Waals surface area contributed by atoms with Crippen molar-refractivity contribution in [1.29, 1.82) is 0 Å². The minimum absolute atomic E-state index is 0.0473. The number of rotatable bonds is 3. The molecule has 0 spiro atoms. The van der Waals surface area contributed by atoms with E-state index >= 15 is 0 Å². The number of esters is 1. The van der Waals surface area contributed by atoms with Crippen LogP contribution in [0.5, 0.6) is 0 Å². The molecule has 1 N–H and O–H groups in total. The van der Waals surface area contributed by atoms with Crippen LogP contribution >= 0.6 is 0 Å². The highest BCUT2D eigenvalue weighted by atomic mass is 16.5. The fourth-order valence-electron chi connectivity index (χ4n) is 2.73. The van der Waals surface area contributed by atoms with Crippen molar-refractivity contribution in [2.24, 2.45) is 5.92 Å². The number of hydrogen-bond donors (Lipinski definition) is 1. The third kappa shape index (κ3) is 2.26. The second kappa shape index (κ2) is 5.40. The van der Waals surface area contributed by atoms with E-state index in [1.165, 1.54) is 0 Å². The lowest BCUT2D eigenvalue weighted by Crippen LogP contribution is -2.37. The Kier molecular flexibility index (Phi) is 3.60. The van der Waals surface area contributed by atoms with Crippen molar-refractivity contribution in [2.45, 2.75) is 32.2 Å². The van der Waals surface area contributed by atoms with Crippen molar-refractivity contribution in [1.82, 2.24) is 14.8 Å². The summed E-state index contributed by atoms with van der Waals surface area (Å²) in [5, 5.41) is 7.74. The Balaban J connectivity index is 1.80. The number of ether oxygens (including phenoxy) is 2. The lowest BCUT2D eigenvalue weighted by atomic mass is 10.0. The minimum atomic E-state index is -0.225. The van der Waals surface area contributed by atoms with Gasteiger partial charge in [0.2, 0.25) is 5.95 Å².